The molecule has 0 spiro atoms. The van der Waals surface area contributed by atoms with Crippen LogP contribution in [0.15, 0.2) is 0 Å². The van der Waals surface area contributed by atoms with Crippen LogP contribution in [0.25, 0.3) is 0 Å². The molecule has 0 aliphatic carbocycles. The first kappa shape index (κ1) is 32.5. The predicted molar refractivity (Wildman–Crippen MR) is 149 cm³/mol. The van der Waals surface area contributed by atoms with Crippen molar-refractivity contribution in [2.24, 2.45) is 5.73 Å². The molecule has 0 aromatic carbocycles. The Morgan fingerprint density at radius 3 is 1.56 bits per heavy atom. The van der Waals surface area contributed by atoms with Gasteiger partial charge in [0.1, 0.15) is 0 Å². The lowest BCUT2D eigenvalue weighted by Crippen LogP contribution is -2.23. The van der Waals surface area contributed by atoms with Gasteiger partial charge in [-0.3, -0.25) is 4.79 Å². The molecule has 3 N–H and O–H groups in total. The van der Waals surface area contributed by atoms with Crippen LogP contribution in [0, 0.1) is 23.7 Å². The van der Waals surface area contributed by atoms with E-state index in [2.05, 4.69) is 35.9 Å². The van der Waals surface area contributed by atoms with Gasteiger partial charge in [-0.1, -0.05) is 115 Å². The van der Waals surface area contributed by atoms with Gasteiger partial charge in [0.2, 0.25) is 5.91 Å². The third-order valence-corrected chi connectivity index (χ3v) is 6.30. The summed E-state index contributed by atoms with van der Waals surface area (Å²) in [4.78, 5) is 11.8. The van der Waals surface area contributed by atoms with E-state index in [9.17, 15) is 4.79 Å². The molecule has 34 heavy (non-hydrogen) atoms. The minimum Gasteiger partial charge on any atom is -0.356 e. The molecule has 0 aromatic rings. The minimum atomic E-state index is 0.211. The van der Waals surface area contributed by atoms with E-state index in [0.717, 1.165) is 64.5 Å². The van der Waals surface area contributed by atoms with Crippen molar-refractivity contribution in [3.63, 3.8) is 0 Å². The fourth-order valence-electron chi connectivity index (χ4n) is 4.06. The first-order chi connectivity index (χ1) is 16.8. The van der Waals surface area contributed by atoms with Crippen molar-refractivity contribution in [3.05, 3.63) is 0 Å². The number of hydrogen-bond donors (Lipinski definition) is 2. The Hall–Kier alpha value is -1.45. The summed E-state index contributed by atoms with van der Waals surface area (Å²) in [5, 5.41) is 3.03. The van der Waals surface area contributed by atoms with Gasteiger partial charge in [-0.05, 0) is 50.5 Å². The highest BCUT2D eigenvalue weighted by Crippen LogP contribution is 2.11. The zero-order valence-corrected chi connectivity index (χ0v) is 22.7. The summed E-state index contributed by atoms with van der Waals surface area (Å²) in [6.07, 6.45) is 27.9. The van der Waals surface area contributed by atoms with Crippen LogP contribution in [0.2, 0.25) is 0 Å². The number of unbranched alkanes of at least 4 members (excludes halogenated alkanes) is 19. The SMILES string of the molecule is CCCCCCCCCCCCC#CC#CCCCCCCCCC(=O)NCCCCCCN. The zero-order valence-electron chi connectivity index (χ0n) is 22.7. The maximum atomic E-state index is 11.8. The van der Waals surface area contributed by atoms with Gasteiger partial charge >= 0.3 is 0 Å². The molecular weight excluding hydrogens is 416 g/mol. The average Bonchev–Trinajstić information content (AvgIpc) is 2.84. The Labute approximate surface area is 213 Å². The van der Waals surface area contributed by atoms with Crippen LogP contribution in [-0.4, -0.2) is 19.0 Å². The first-order valence-corrected chi connectivity index (χ1v) is 14.7. The van der Waals surface area contributed by atoms with Crippen molar-refractivity contribution in [1.82, 2.24) is 5.32 Å². The fourth-order valence-corrected chi connectivity index (χ4v) is 4.06. The van der Waals surface area contributed by atoms with Gasteiger partial charge in [0, 0.05) is 25.8 Å². The van der Waals surface area contributed by atoms with Crippen LogP contribution in [0.4, 0.5) is 0 Å². The number of carbonyl (C=O) groups excluding carboxylic acids is 1. The van der Waals surface area contributed by atoms with Crippen molar-refractivity contribution < 1.29 is 4.79 Å². The average molecular weight is 473 g/mol. The molecule has 1 amide bonds. The molecule has 0 aliphatic heterocycles. The van der Waals surface area contributed by atoms with E-state index in [1.165, 1.54) is 89.9 Å². The highest BCUT2D eigenvalue weighted by atomic mass is 16.1. The monoisotopic (exact) mass is 472 g/mol. The highest BCUT2D eigenvalue weighted by Gasteiger charge is 2.00. The molecule has 0 aliphatic rings. The minimum absolute atomic E-state index is 0.211. The molecule has 0 heterocycles. The number of amides is 1. The van der Waals surface area contributed by atoms with E-state index in [0.29, 0.717) is 6.42 Å². The normalized spacial score (nSPS) is 10.3. The standard InChI is InChI=1S/C31H56N2O/c1-2-3-4-5-6-7-8-9-10-11-12-13-14-15-16-17-18-19-20-21-22-25-28-31(34)33-30-27-24-23-26-29-32/h2-12,17-30,32H2,1H3,(H,33,34). The van der Waals surface area contributed by atoms with Gasteiger partial charge in [0.05, 0.1) is 0 Å². The number of nitrogens with two attached hydrogens (primary N) is 1. The second-order valence-electron chi connectivity index (χ2n) is 9.71. The summed E-state index contributed by atoms with van der Waals surface area (Å²) in [5.41, 5.74) is 5.48. The third kappa shape index (κ3) is 28.6. The quantitative estimate of drug-likeness (QED) is 0.110. The lowest BCUT2D eigenvalue weighted by atomic mass is 10.1. The lowest BCUT2D eigenvalue weighted by molar-refractivity contribution is -0.121. The van der Waals surface area contributed by atoms with Crippen LogP contribution >= 0.6 is 0 Å². The van der Waals surface area contributed by atoms with Gasteiger partial charge in [0.15, 0.2) is 0 Å². The van der Waals surface area contributed by atoms with Crippen LogP contribution in [0.1, 0.15) is 155 Å². The number of nitrogens with one attached hydrogen (secondary N) is 1. The molecule has 3 nitrogen and oxygen atoms in total. The Morgan fingerprint density at radius 2 is 1.03 bits per heavy atom. The van der Waals surface area contributed by atoms with Crippen LogP contribution in [-0.2, 0) is 4.79 Å². The fraction of sp³-hybridized carbons (Fsp3) is 0.839. The molecule has 3 heteroatoms. The lowest BCUT2D eigenvalue weighted by Gasteiger charge is -2.05. The molecule has 0 unspecified atom stereocenters. The maximum Gasteiger partial charge on any atom is 0.219 e. The molecule has 0 radical (unpaired) electrons. The molecule has 0 rings (SSSR count). The Morgan fingerprint density at radius 1 is 0.588 bits per heavy atom. The molecule has 196 valence electrons. The summed E-state index contributed by atoms with van der Waals surface area (Å²) < 4.78 is 0. The molecular formula is C31H56N2O. The van der Waals surface area contributed by atoms with Crippen LogP contribution in [0.3, 0.4) is 0 Å². The number of hydrogen-bond acceptors (Lipinski definition) is 2. The number of rotatable bonds is 24. The summed E-state index contributed by atoms with van der Waals surface area (Å²) in [6.45, 7) is 3.86. The molecule has 0 atom stereocenters. The van der Waals surface area contributed by atoms with E-state index in [1.54, 1.807) is 0 Å². The summed E-state index contributed by atoms with van der Waals surface area (Å²) >= 11 is 0. The molecule has 0 saturated heterocycles. The third-order valence-electron chi connectivity index (χ3n) is 6.30. The van der Waals surface area contributed by atoms with Crippen molar-refractivity contribution >= 4 is 5.91 Å². The maximum absolute atomic E-state index is 11.8. The van der Waals surface area contributed by atoms with Gasteiger partial charge in [-0.25, -0.2) is 0 Å². The van der Waals surface area contributed by atoms with E-state index in [1.807, 2.05) is 0 Å². The molecule has 0 fully saturated rings. The van der Waals surface area contributed by atoms with Crippen molar-refractivity contribution in [3.8, 4) is 23.7 Å². The van der Waals surface area contributed by atoms with Gasteiger partial charge in [0.25, 0.3) is 0 Å². The molecule has 0 bridgehead atoms. The van der Waals surface area contributed by atoms with Crippen molar-refractivity contribution in [2.75, 3.05) is 13.1 Å². The van der Waals surface area contributed by atoms with Gasteiger partial charge in [-0.15, -0.1) is 0 Å². The van der Waals surface area contributed by atoms with Crippen LogP contribution < -0.4 is 11.1 Å². The summed E-state index contributed by atoms with van der Waals surface area (Å²) in [6, 6.07) is 0. The predicted octanol–water partition coefficient (Wildman–Crippen LogP) is 8.06. The first-order valence-electron chi connectivity index (χ1n) is 14.7. The summed E-state index contributed by atoms with van der Waals surface area (Å²) in [5.74, 6) is 12.6. The Balaban J connectivity index is 3.30. The second-order valence-corrected chi connectivity index (χ2v) is 9.71. The van der Waals surface area contributed by atoms with E-state index in [4.69, 9.17) is 5.73 Å². The molecule has 0 aromatic heterocycles. The highest BCUT2D eigenvalue weighted by molar-refractivity contribution is 5.75. The Kier molecular flexibility index (Phi) is 28.3. The van der Waals surface area contributed by atoms with E-state index in [-0.39, 0.29) is 5.91 Å². The summed E-state index contributed by atoms with van der Waals surface area (Å²) in [7, 11) is 0. The molecule has 0 saturated carbocycles. The zero-order chi connectivity index (χ0) is 24.8. The van der Waals surface area contributed by atoms with E-state index >= 15 is 0 Å². The van der Waals surface area contributed by atoms with Gasteiger partial charge < -0.3 is 11.1 Å². The van der Waals surface area contributed by atoms with E-state index < -0.39 is 0 Å². The van der Waals surface area contributed by atoms with Crippen molar-refractivity contribution in [2.45, 2.75) is 155 Å². The van der Waals surface area contributed by atoms with Crippen molar-refractivity contribution in [1.29, 1.82) is 0 Å². The topological polar surface area (TPSA) is 55.1 Å². The van der Waals surface area contributed by atoms with Crippen LogP contribution in [0.5, 0.6) is 0 Å². The number of carbonyl (C=O) groups is 1. The smallest absolute Gasteiger partial charge is 0.219 e. The van der Waals surface area contributed by atoms with Gasteiger partial charge in [-0.2, -0.15) is 0 Å². The Bertz CT molecular complexity index is 549. The largest absolute Gasteiger partial charge is 0.356 e. The second kappa shape index (κ2) is 29.6.